The van der Waals surface area contributed by atoms with Gasteiger partial charge in [0.05, 0.1) is 5.60 Å². The van der Waals surface area contributed by atoms with E-state index in [0.717, 1.165) is 12.1 Å². The van der Waals surface area contributed by atoms with Gasteiger partial charge in [0.15, 0.2) is 0 Å². The zero-order valence-corrected chi connectivity index (χ0v) is 13.8. The number of nitrogens with one attached hydrogen (secondary N) is 1. The lowest BCUT2D eigenvalue weighted by atomic mass is 9.92. The fourth-order valence-electron chi connectivity index (χ4n) is 1.99. The molecule has 2 atom stereocenters. The number of carbonyl (C=O) groups is 1. The second-order valence-electron chi connectivity index (χ2n) is 6.12. The predicted octanol–water partition coefficient (Wildman–Crippen LogP) is 2.20. The molecule has 2 N–H and O–H groups in total. The van der Waals surface area contributed by atoms with Crippen molar-refractivity contribution in [3.63, 3.8) is 0 Å². The van der Waals surface area contributed by atoms with Gasteiger partial charge in [0.25, 0.3) is 0 Å². The summed E-state index contributed by atoms with van der Waals surface area (Å²) >= 11 is 0. The Labute approximate surface area is 128 Å². The molecule has 0 aromatic heterocycles. The molecule has 118 valence electrons. The van der Waals surface area contributed by atoms with Crippen LogP contribution >= 0.6 is 0 Å². The van der Waals surface area contributed by atoms with E-state index in [9.17, 15) is 9.90 Å². The van der Waals surface area contributed by atoms with Crippen LogP contribution in [0.4, 0.5) is 0 Å². The molecule has 0 fully saturated rings. The second-order valence-corrected chi connectivity index (χ2v) is 6.12. The molecule has 4 nitrogen and oxygen atoms in total. The molecule has 21 heavy (non-hydrogen) atoms. The average molecular weight is 292 g/mol. The highest BCUT2D eigenvalue weighted by Gasteiger charge is 2.29. The first-order valence-electron chi connectivity index (χ1n) is 7.54. The Morgan fingerprint density at radius 3 is 2.38 bits per heavy atom. The van der Waals surface area contributed by atoms with Crippen LogP contribution in [0, 0.1) is 5.92 Å². The minimum Gasteiger partial charge on any atom is -0.388 e. The van der Waals surface area contributed by atoms with E-state index in [1.165, 1.54) is 0 Å². The Morgan fingerprint density at radius 2 is 1.90 bits per heavy atom. The number of amides is 1. The van der Waals surface area contributed by atoms with Gasteiger partial charge in [-0.1, -0.05) is 51.1 Å². The number of rotatable bonds is 7. The first-order chi connectivity index (χ1) is 9.79. The summed E-state index contributed by atoms with van der Waals surface area (Å²) in [7, 11) is 1.93. The number of benzene rings is 1. The molecule has 0 spiro atoms. The van der Waals surface area contributed by atoms with Crippen molar-refractivity contribution in [2.24, 2.45) is 5.92 Å². The number of hydrogen-bond donors (Lipinski definition) is 2. The minimum atomic E-state index is -0.901. The first-order valence-corrected chi connectivity index (χ1v) is 7.54. The largest absolute Gasteiger partial charge is 0.388 e. The van der Waals surface area contributed by atoms with Crippen LogP contribution in [0.3, 0.4) is 0 Å². The van der Waals surface area contributed by atoms with Crippen molar-refractivity contribution in [3.05, 3.63) is 35.9 Å². The van der Waals surface area contributed by atoms with Crippen LogP contribution in [0.5, 0.6) is 0 Å². The Hall–Kier alpha value is -1.39. The van der Waals surface area contributed by atoms with Crippen molar-refractivity contribution in [2.45, 2.75) is 39.3 Å². The van der Waals surface area contributed by atoms with E-state index >= 15 is 0 Å². The number of hydrogen-bond acceptors (Lipinski definition) is 3. The summed E-state index contributed by atoms with van der Waals surface area (Å²) in [6, 6.07) is 9.38. The van der Waals surface area contributed by atoms with Gasteiger partial charge in [0.2, 0.25) is 5.91 Å². The van der Waals surface area contributed by atoms with Crippen LogP contribution in [0.25, 0.3) is 0 Å². The maximum absolute atomic E-state index is 12.5. The average Bonchev–Trinajstić information content (AvgIpc) is 2.46. The summed E-state index contributed by atoms with van der Waals surface area (Å²) in [6.07, 6.45) is 0. The summed E-state index contributed by atoms with van der Waals surface area (Å²) in [4.78, 5) is 14.5. The Bertz CT molecular complexity index is 443. The molecule has 0 radical (unpaired) electrons. The quantitative estimate of drug-likeness (QED) is 0.810. The minimum absolute atomic E-state index is 0.0773. The molecule has 1 aromatic rings. The first kappa shape index (κ1) is 17.7. The lowest BCUT2D eigenvalue weighted by molar-refractivity contribution is -0.127. The topological polar surface area (TPSA) is 52.6 Å². The van der Waals surface area contributed by atoms with Crippen LogP contribution in [0.15, 0.2) is 30.3 Å². The Morgan fingerprint density at radius 1 is 1.33 bits per heavy atom. The molecule has 1 amide bonds. The summed E-state index contributed by atoms with van der Waals surface area (Å²) in [5, 5.41) is 13.1. The van der Waals surface area contributed by atoms with Gasteiger partial charge in [-0.05, 0) is 32.0 Å². The molecule has 0 saturated heterocycles. The third-order valence-corrected chi connectivity index (χ3v) is 4.17. The molecule has 0 heterocycles. The molecule has 0 bridgehead atoms. The maximum Gasteiger partial charge on any atom is 0.242 e. The van der Waals surface area contributed by atoms with Gasteiger partial charge in [-0.25, -0.2) is 0 Å². The van der Waals surface area contributed by atoms with Crippen molar-refractivity contribution in [3.8, 4) is 0 Å². The van der Waals surface area contributed by atoms with Gasteiger partial charge in [-0.3, -0.25) is 9.69 Å². The molecule has 0 aliphatic rings. The molecule has 2 unspecified atom stereocenters. The fourth-order valence-corrected chi connectivity index (χ4v) is 1.99. The molecule has 0 aliphatic carbocycles. The van der Waals surface area contributed by atoms with Gasteiger partial charge in [-0.2, -0.15) is 0 Å². The molecule has 4 heteroatoms. The van der Waals surface area contributed by atoms with Crippen molar-refractivity contribution < 1.29 is 9.90 Å². The van der Waals surface area contributed by atoms with Gasteiger partial charge in [0, 0.05) is 6.54 Å². The molecular formula is C17H28N2O2. The smallest absolute Gasteiger partial charge is 0.242 e. The van der Waals surface area contributed by atoms with Crippen molar-refractivity contribution >= 4 is 5.91 Å². The van der Waals surface area contributed by atoms with E-state index in [4.69, 9.17) is 0 Å². The number of aliphatic hydroxyl groups is 1. The van der Waals surface area contributed by atoms with E-state index < -0.39 is 5.60 Å². The fraction of sp³-hybridized carbons (Fsp3) is 0.588. The van der Waals surface area contributed by atoms with Crippen LogP contribution in [-0.2, 0) is 4.79 Å². The maximum atomic E-state index is 12.5. The highest BCUT2D eigenvalue weighted by molar-refractivity contribution is 5.83. The third kappa shape index (κ3) is 4.83. The summed E-state index contributed by atoms with van der Waals surface area (Å²) in [6.45, 7) is 8.68. The SMILES string of the molecule is CCN(C)C(C(=O)NCC(C)(O)C(C)C)c1ccccc1. The zero-order chi connectivity index (χ0) is 16.0. The second kappa shape index (κ2) is 7.57. The summed E-state index contributed by atoms with van der Waals surface area (Å²) in [5.41, 5.74) is 0.0605. The normalized spacial score (nSPS) is 15.8. The summed E-state index contributed by atoms with van der Waals surface area (Å²) < 4.78 is 0. The van der Waals surface area contributed by atoms with E-state index in [2.05, 4.69) is 5.32 Å². The monoisotopic (exact) mass is 292 g/mol. The van der Waals surface area contributed by atoms with Crippen molar-refractivity contribution in [1.82, 2.24) is 10.2 Å². The lowest BCUT2D eigenvalue weighted by Crippen LogP contribution is -2.47. The number of likely N-dealkylation sites (N-methyl/N-ethyl adjacent to an activating group) is 1. The van der Waals surface area contributed by atoms with Crippen LogP contribution < -0.4 is 5.32 Å². The Balaban J connectivity index is 2.83. The lowest BCUT2D eigenvalue weighted by Gasteiger charge is -2.31. The molecule has 1 rings (SSSR count). The van der Waals surface area contributed by atoms with E-state index in [1.807, 2.05) is 63.1 Å². The summed E-state index contributed by atoms with van der Waals surface area (Å²) in [5.74, 6) is 0.00311. The van der Waals surface area contributed by atoms with Crippen LogP contribution in [0.1, 0.15) is 39.3 Å². The van der Waals surface area contributed by atoms with Gasteiger partial charge in [0.1, 0.15) is 6.04 Å². The number of carbonyl (C=O) groups excluding carboxylic acids is 1. The van der Waals surface area contributed by atoms with Gasteiger partial charge < -0.3 is 10.4 Å². The van der Waals surface area contributed by atoms with E-state index in [0.29, 0.717) is 0 Å². The Kier molecular flexibility index (Phi) is 6.37. The van der Waals surface area contributed by atoms with Gasteiger partial charge in [-0.15, -0.1) is 0 Å². The van der Waals surface area contributed by atoms with E-state index in [1.54, 1.807) is 6.92 Å². The molecular weight excluding hydrogens is 264 g/mol. The molecule has 1 aromatic carbocycles. The highest BCUT2D eigenvalue weighted by Crippen LogP contribution is 2.20. The van der Waals surface area contributed by atoms with Crippen LogP contribution in [-0.4, -0.2) is 41.7 Å². The van der Waals surface area contributed by atoms with Gasteiger partial charge >= 0.3 is 0 Å². The molecule has 0 aliphatic heterocycles. The van der Waals surface area contributed by atoms with E-state index in [-0.39, 0.29) is 24.4 Å². The highest BCUT2D eigenvalue weighted by atomic mass is 16.3. The van der Waals surface area contributed by atoms with Crippen molar-refractivity contribution in [2.75, 3.05) is 20.1 Å². The zero-order valence-electron chi connectivity index (χ0n) is 13.8. The third-order valence-electron chi connectivity index (χ3n) is 4.17. The number of nitrogens with zero attached hydrogens (tertiary/aromatic N) is 1. The van der Waals surface area contributed by atoms with Crippen LogP contribution in [0.2, 0.25) is 0 Å². The standard InChI is InChI=1S/C17H28N2O2/c1-6-19(5)15(14-10-8-7-9-11-14)16(20)18-12-17(4,21)13(2)3/h7-11,13,15,21H,6,12H2,1-5H3,(H,18,20). The molecule has 0 saturated carbocycles. The predicted molar refractivity (Wildman–Crippen MR) is 86.0 cm³/mol. The van der Waals surface area contributed by atoms with Crippen molar-refractivity contribution in [1.29, 1.82) is 0 Å².